The van der Waals surface area contributed by atoms with E-state index in [0.717, 1.165) is 11.3 Å². The van der Waals surface area contributed by atoms with Gasteiger partial charge in [0, 0.05) is 12.5 Å². The Balaban J connectivity index is 2.75. The highest BCUT2D eigenvalue weighted by atomic mass is 32.2. The maximum absolute atomic E-state index is 10.7. The summed E-state index contributed by atoms with van der Waals surface area (Å²) in [6.07, 6.45) is 0. The normalized spacial score (nSPS) is 9.00. The molecule has 5 heteroatoms. The van der Waals surface area contributed by atoms with Crippen LogP contribution in [0.5, 0.6) is 0 Å². The van der Waals surface area contributed by atoms with Crippen LogP contribution in [0.2, 0.25) is 0 Å². The Morgan fingerprint density at radius 1 is 1.53 bits per heavy atom. The maximum atomic E-state index is 10.7. The quantitative estimate of drug-likeness (QED) is 0.632. The lowest BCUT2D eigenvalue weighted by Crippen LogP contribution is -2.19. The maximum Gasteiger partial charge on any atom is 0.186 e. The number of rotatable bonds is 2. The van der Waals surface area contributed by atoms with E-state index in [2.05, 4.69) is 17.2 Å². The zero-order valence-electron chi connectivity index (χ0n) is 9.32. The topological polar surface area (TPSA) is 55.1 Å². The number of nitrogens with two attached hydrogens (primary N) is 1. The monoisotopic (exact) mass is 264 g/mol. The molecule has 1 aromatic carbocycles. The lowest BCUT2D eigenvalue weighted by molar-refractivity contribution is -0.109. The molecule has 0 spiro atoms. The van der Waals surface area contributed by atoms with Crippen molar-refractivity contribution in [3.8, 4) is 11.8 Å². The van der Waals surface area contributed by atoms with Crippen molar-refractivity contribution in [2.75, 3.05) is 11.1 Å². The number of thioether (sulfide) groups is 1. The molecule has 0 aliphatic heterocycles. The standard InChI is InChI=1S/C12H12N2OS2/c1-9(15)17-8-4-6-10-5-2-3-7-11(10)14-12(13)16/h2-3,5,7H,8H2,1H3,(H3,13,14,16). The van der Waals surface area contributed by atoms with Crippen LogP contribution in [0, 0.1) is 11.8 Å². The number of benzene rings is 1. The highest BCUT2D eigenvalue weighted by Gasteiger charge is 1.98. The predicted molar refractivity (Wildman–Crippen MR) is 76.9 cm³/mol. The molecule has 17 heavy (non-hydrogen) atoms. The van der Waals surface area contributed by atoms with Gasteiger partial charge in [-0.2, -0.15) is 0 Å². The van der Waals surface area contributed by atoms with Crippen LogP contribution >= 0.6 is 24.0 Å². The Labute approximate surface area is 110 Å². The first-order chi connectivity index (χ1) is 8.09. The highest BCUT2D eigenvalue weighted by Crippen LogP contribution is 2.13. The molecule has 0 heterocycles. The Morgan fingerprint density at radius 2 is 2.24 bits per heavy atom. The average Bonchev–Trinajstić information content (AvgIpc) is 2.25. The minimum absolute atomic E-state index is 0.0637. The Hall–Kier alpha value is -1.51. The van der Waals surface area contributed by atoms with Crippen LogP contribution in [0.15, 0.2) is 24.3 Å². The van der Waals surface area contributed by atoms with Crippen LogP contribution in [-0.4, -0.2) is 16.0 Å². The van der Waals surface area contributed by atoms with Gasteiger partial charge in [0.05, 0.1) is 11.4 Å². The first kappa shape index (κ1) is 13.6. The first-order valence-corrected chi connectivity index (χ1v) is 6.26. The van der Waals surface area contributed by atoms with Crippen molar-refractivity contribution in [1.82, 2.24) is 0 Å². The number of para-hydroxylation sites is 1. The zero-order chi connectivity index (χ0) is 12.7. The van der Waals surface area contributed by atoms with E-state index in [1.807, 2.05) is 24.3 Å². The molecular weight excluding hydrogens is 252 g/mol. The molecular formula is C12H12N2OS2. The molecule has 0 atom stereocenters. The summed E-state index contributed by atoms with van der Waals surface area (Å²) >= 11 is 5.96. The average molecular weight is 264 g/mol. The molecule has 0 fully saturated rings. The minimum atomic E-state index is 0.0637. The molecule has 0 saturated heterocycles. The smallest absolute Gasteiger partial charge is 0.186 e. The van der Waals surface area contributed by atoms with E-state index in [1.54, 1.807) is 0 Å². The van der Waals surface area contributed by atoms with E-state index < -0.39 is 0 Å². The molecule has 1 aromatic rings. The van der Waals surface area contributed by atoms with Crippen molar-refractivity contribution < 1.29 is 4.79 Å². The lowest BCUT2D eigenvalue weighted by Gasteiger charge is -2.05. The Bertz CT molecular complexity index is 489. The number of nitrogens with one attached hydrogen (secondary N) is 1. The zero-order valence-corrected chi connectivity index (χ0v) is 11.0. The molecule has 3 N–H and O–H groups in total. The second-order valence-electron chi connectivity index (χ2n) is 3.12. The van der Waals surface area contributed by atoms with E-state index in [0.29, 0.717) is 5.75 Å². The van der Waals surface area contributed by atoms with Crippen LogP contribution in [0.4, 0.5) is 5.69 Å². The molecule has 88 valence electrons. The minimum Gasteiger partial charge on any atom is -0.376 e. The van der Waals surface area contributed by atoms with Gasteiger partial charge in [-0.05, 0) is 24.4 Å². The van der Waals surface area contributed by atoms with Gasteiger partial charge in [0.15, 0.2) is 10.2 Å². The van der Waals surface area contributed by atoms with Gasteiger partial charge in [0.25, 0.3) is 0 Å². The molecule has 0 radical (unpaired) electrons. The van der Waals surface area contributed by atoms with E-state index in [1.165, 1.54) is 18.7 Å². The molecule has 0 aliphatic carbocycles. The molecule has 0 unspecified atom stereocenters. The van der Waals surface area contributed by atoms with Crippen LogP contribution in [0.3, 0.4) is 0 Å². The predicted octanol–water partition coefficient (Wildman–Crippen LogP) is 1.97. The molecule has 0 aromatic heterocycles. The van der Waals surface area contributed by atoms with E-state index in [4.69, 9.17) is 18.0 Å². The number of thiocarbonyl (C=S) groups is 1. The van der Waals surface area contributed by atoms with Crippen molar-refractivity contribution in [3.05, 3.63) is 29.8 Å². The lowest BCUT2D eigenvalue weighted by atomic mass is 10.2. The molecule has 0 amide bonds. The van der Waals surface area contributed by atoms with Gasteiger partial charge in [-0.3, -0.25) is 4.79 Å². The second-order valence-corrected chi connectivity index (χ2v) is 4.71. The van der Waals surface area contributed by atoms with Gasteiger partial charge in [-0.15, -0.1) is 0 Å². The summed E-state index contributed by atoms with van der Waals surface area (Å²) in [5.41, 5.74) is 7.00. The fourth-order valence-electron chi connectivity index (χ4n) is 1.10. The van der Waals surface area contributed by atoms with Crippen molar-refractivity contribution in [1.29, 1.82) is 0 Å². The first-order valence-electron chi connectivity index (χ1n) is 4.87. The summed E-state index contributed by atoms with van der Waals surface area (Å²) in [5, 5.41) is 3.13. The van der Waals surface area contributed by atoms with Crippen LogP contribution in [0.25, 0.3) is 0 Å². The number of hydrogen-bond donors (Lipinski definition) is 2. The van der Waals surface area contributed by atoms with Crippen LogP contribution < -0.4 is 11.1 Å². The third kappa shape index (κ3) is 5.38. The SMILES string of the molecule is CC(=O)SCC#Cc1ccccc1NC(N)=S. The third-order valence-electron chi connectivity index (χ3n) is 1.76. The second kappa shape index (κ2) is 6.94. The summed E-state index contributed by atoms with van der Waals surface area (Å²) < 4.78 is 0. The Kier molecular flexibility index (Phi) is 5.53. The fourth-order valence-corrected chi connectivity index (χ4v) is 1.56. The molecule has 0 bridgehead atoms. The summed E-state index contributed by atoms with van der Waals surface area (Å²) in [6.45, 7) is 1.52. The third-order valence-corrected chi connectivity index (χ3v) is 2.55. The van der Waals surface area contributed by atoms with Gasteiger partial charge < -0.3 is 11.1 Å². The number of anilines is 1. The molecule has 1 rings (SSSR count). The van der Waals surface area contributed by atoms with Crippen molar-refractivity contribution >= 4 is 39.9 Å². The van der Waals surface area contributed by atoms with E-state index in [-0.39, 0.29) is 10.2 Å². The molecule has 0 aliphatic rings. The summed E-state index contributed by atoms with van der Waals surface area (Å²) in [4.78, 5) is 10.7. The van der Waals surface area contributed by atoms with Gasteiger partial charge in [-0.25, -0.2) is 0 Å². The number of hydrogen-bond acceptors (Lipinski definition) is 3. The number of carbonyl (C=O) groups excluding carboxylic acids is 1. The molecule has 0 saturated carbocycles. The largest absolute Gasteiger partial charge is 0.376 e. The molecule has 3 nitrogen and oxygen atoms in total. The van der Waals surface area contributed by atoms with Crippen molar-refractivity contribution in [2.45, 2.75) is 6.92 Å². The fraction of sp³-hybridized carbons (Fsp3) is 0.167. The van der Waals surface area contributed by atoms with Gasteiger partial charge in [0.1, 0.15) is 0 Å². The van der Waals surface area contributed by atoms with Crippen molar-refractivity contribution in [3.63, 3.8) is 0 Å². The summed E-state index contributed by atoms with van der Waals surface area (Å²) in [6, 6.07) is 7.47. The number of carbonyl (C=O) groups is 1. The van der Waals surface area contributed by atoms with E-state index >= 15 is 0 Å². The summed E-state index contributed by atoms with van der Waals surface area (Å²) in [7, 11) is 0. The van der Waals surface area contributed by atoms with Crippen molar-refractivity contribution in [2.24, 2.45) is 5.73 Å². The van der Waals surface area contributed by atoms with Gasteiger partial charge in [0.2, 0.25) is 0 Å². The highest BCUT2D eigenvalue weighted by molar-refractivity contribution is 8.13. The van der Waals surface area contributed by atoms with Gasteiger partial charge >= 0.3 is 0 Å². The summed E-state index contributed by atoms with van der Waals surface area (Å²) in [5.74, 6) is 6.37. The van der Waals surface area contributed by atoms with Crippen LogP contribution in [-0.2, 0) is 4.79 Å². The Morgan fingerprint density at radius 3 is 2.88 bits per heavy atom. The van der Waals surface area contributed by atoms with Gasteiger partial charge in [-0.1, -0.05) is 35.7 Å². The van der Waals surface area contributed by atoms with E-state index in [9.17, 15) is 4.79 Å². The van der Waals surface area contributed by atoms with Crippen LogP contribution in [0.1, 0.15) is 12.5 Å².